The van der Waals surface area contributed by atoms with Gasteiger partial charge >= 0.3 is 0 Å². The van der Waals surface area contributed by atoms with E-state index in [4.69, 9.17) is 4.74 Å². The van der Waals surface area contributed by atoms with Gasteiger partial charge in [0.15, 0.2) is 0 Å². The van der Waals surface area contributed by atoms with Gasteiger partial charge in [-0.25, -0.2) is 0 Å². The molecule has 4 saturated heterocycles. The molecule has 0 amide bonds. The molecule has 3 saturated carbocycles. The van der Waals surface area contributed by atoms with Crippen LogP contribution in [-0.2, 0) is 4.74 Å². The summed E-state index contributed by atoms with van der Waals surface area (Å²) in [5.41, 5.74) is 0. The van der Waals surface area contributed by atoms with Crippen LogP contribution in [0.1, 0.15) is 116 Å². The van der Waals surface area contributed by atoms with Crippen LogP contribution in [0.25, 0.3) is 0 Å². The number of nitrogens with zero attached hydrogens (tertiary/aromatic N) is 2. The first kappa shape index (κ1) is 29.7. The third kappa shape index (κ3) is 10.0. The minimum Gasteiger partial charge on any atom is -0.391 e. The van der Waals surface area contributed by atoms with Crippen molar-refractivity contribution in [1.82, 2.24) is 20.4 Å². The van der Waals surface area contributed by atoms with Gasteiger partial charge in [0.25, 0.3) is 0 Å². The maximum absolute atomic E-state index is 9.79. The average molecular weight is 521 g/mol. The lowest BCUT2D eigenvalue weighted by Gasteiger charge is -2.37. The number of aliphatic hydroxyl groups is 1. The molecule has 3 N–H and O–H groups in total. The second kappa shape index (κ2) is 16.8. The van der Waals surface area contributed by atoms with Crippen molar-refractivity contribution < 1.29 is 9.84 Å². The van der Waals surface area contributed by atoms with Crippen molar-refractivity contribution >= 4 is 0 Å². The molecule has 0 aromatic carbocycles. The highest BCUT2D eigenvalue weighted by Gasteiger charge is 2.39. The summed E-state index contributed by atoms with van der Waals surface area (Å²) in [4.78, 5) is 5.20. The standard InChI is InChI=1S/C11H22N2.C10H19NO.C6H10O.C4H9N/c1-12-10-6-2-3-7-11(10)13-8-4-5-9-13;12-10-6-2-1-5-9(10)11-7-3-4-8-11;1-2-4-6-5(3-1)7-6;1-2-4-5-3-1/h10-12H,2-9H2,1H3;9-10,12H,1-8H2;5-6H,1-4H2;5H,1-4H2/t10-,11-;9-,10-;;/m00../s1. The van der Waals surface area contributed by atoms with Gasteiger partial charge in [0.2, 0.25) is 0 Å². The Bertz CT molecular complexity index is 572. The van der Waals surface area contributed by atoms with Crippen LogP contribution >= 0.6 is 0 Å². The molecule has 216 valence electrons. The van der Waals surface area contributed by atoms with E-state index in [1.807, 2.05) is 0 Å². The first-order chi connectivity index (χ1) is 18.3. The minimum atomic E-state index is -0.0307. The largest absolute Gasteiger partial charge is 0.391 e. The third-order valence-electron chi connectivity index (χ3n) is 9.89. The van der Waals surface area contributed by atoms with Gasteiger partial charge in [0, 0.05) is 18.1 Å². The van der Waals surface area contributed by atoms with E-state index in [0.29, 0.717) is 18.2 Å². The fraction of sp³-hybridized carbons (Fsp3) is 1.00. The molecule has 0 spiro atoms. The number of hydrogen-bond donors (Lipinski definition) is 3. The Morgan fingerprint density at radius 2 is 1.08 bits per heavy atom. The van der Waals surface area contributed by atoms with E-state index in [1.54, 1.807) is 0 Å². The maximum Gasteiger partial charge on any atom is 0.0841 e. The summed E-state index contributed by atoms with van der Waals surface area (Å²) in [7, 11) is 2.12. The van der Waals surface area contributed by atoms with E-state index in [0.717, 1.165) is 18.5 Å². The van der Waals surface area contributed by atoms with Crippen molar-refractivity contribution in [2.45, 2.75) is 152 Å². The van der Waals surface area contributed by atoms with Crippen molar-refractivity contribution in [3.05, 3.63) is 0 Å². The van der Waals surface area contributed by atoms with Crippen molar-refractivity contribution in [1.29, 1.82) is 0 Å². The molecule has 7 fully saturated rings. The zero-order valence-electron chi connectivity index (χ0n) is 24.2. The average Bonchev–Trinajstić information content (AvgIpc) is 3.49. The van der Waals surface area contributed by atoms with Gasteiger partial charge < -0.3 is 20.5 Å². The number of aliphatic hydroxyl groups excluding tert-OH is 1. The van der Waals surface area contributed by atoms with Crippen LogP contribution in [0.3, 0.4) is 0 Å². The van der Waals surface area contributed by atoms with Crippen LogP contribution in [0.2, 0.25) is 0 Å². The molecule has 0 radical (unpaired) electrons. The number of fused-ring (bicyclic) bond motifs is 1. The van der Waals surface area contributed by atoms with Gasteiger partial charge in [-0.2, -0.15) is 0 Å². The molecule has 0 aromatic heterocycles. The highest BCUT2D eigenvalue weighted by atomic mass is 16.6. The van der Waals surface area contributed by atoms with Crippen LogP contribution in [0, 0.1) is 0 Å². The van der Waals surface area contributed by atoms with Gasteiger partial charge in [-0.1, -0.05) is 38.5 Å². The van der Waals surface area contributed by atoms with Crippen LogP contribution < -0.4 is 10.6 Å². The van der Waals surface area contributed by atoms with Crippen molar-refractivity contribution in [3.63, 3.8) is 0 Å². The summed E-state index contributed by atoms with van der Waals surface area (Å²) in [5, 5.41) is 16.5. The molecule has 4 heterocycles. The van der Waals surface area contributed by atoms with Gasteiger partial charge in [0.05, 0.1) is 18.3 Å². The fourth-order valence-corrected chi connectivity index (χ4v) is 7.55. The second-order valence-corrected chi connectivity index (χ2v) is 12.6. The molecule has 6 heteroatoms. The lowest BCUT2D eigenvalue weighted by atomic mass is 9.89. The Hall–Kier alpha value is -0.240. The normalized spacial score (nSPS) is 37.8. The number of epoxide rings is 1. The van der Waals surface area contributed by atoms with Gasteiger partial charge in [-0.15, -0.1) is 0 Å². The first-order valence-electron chi connectivity index (χ1n) is 16.5. The van der Waals surface area contributed by atoms with E-state index in [9.17, 15) is 5.11 Å². The van der Waals surface area contributed by atoms with Crippen LogP contribution in [-0.4, -0.2) is 97.7 Å². The van der Waals surface area contributed by atoms with Crippen LogP contribution in [0.15, 0.2) is 0 Å². The summed E-state index contributed by atoms with van der Waals surface area (Å²) in [6, 6.07) is 2.12. The molecule has 2 unspecified atom stereocenters. The number of likely N-dealkylation sites (tertiary alicyclic amines) is 2. The predicted octanol–water partition coefficient (Wildman–Crippen LogP) is 4.70. The second-order valence-electron chi connectivity index (χ2n) is 12.6. The summed E-state index contributed by atoms with van der Waals surface area (Å²) in [6.07, 6.45) is 25.6. The molecule has 3 aliphatic carbocycles. The highest BCUT2D eigenvalue weighted by Crippen LogP contribution is 2.35. The van der Waals surface area contributed by atoms with Gasteiger partial charge in [-0.05, 0) is 123 Å². The first-order valence-corrected chi connectivity index (χ1v) is 16.5. The summed E-state index contributed by atoms with van der Waals surface area (Å²) < 4.78 is 5.28. The zero-order chi connectivity index (χ0) is 25.7. The summed E-state index contributed by atoms with van der Waals surface area (Å²) >= 11 is 0. The SMILES string of the molecule is C1CCC2OC2C1.C1CCNC1.CN[C@H]1CCCC[C@@H]1N1CCCC1.O[C@H]1CCCC[C@@H]1N1CCCC1. The van der Waals surface area contributed by atoms with E-state index in [-0.39, 0.29) is 6.10 Å². The number of likely N-dealkylation sites (N-methyl/N-ethyl adjacent to an activating group) is 1. The highest BCUT2D eigenvalue weighted by molar-refractivity contribution is 4.89. The molecular formula is C31H60N4O2. The number of rotatable bonds is 3. The number of hydrogen-bond acceptors (Lipinski definition) is 6. The molecule has 6 atom stereocenters. The molecule has 7 rings (SSSR count). The van der Waals surface area contributed by atoms with E-state index in [1.165, 1.54) is 148 Å². The molecule has 4 aliphatic heterocycles. The van der Waals surface area contributed by atoms with Gasteiger partial charge in [0.1, 0.15) is 0 Å². The molecule has 0 aromatic rings. The quantitative estimate of drug-likeness (QED) is 0.469. The Labute approximate surface area is 228 Å². The van der Waals surface area contributed by atoms with E-state index < -0.39 is 0 Å². The topological polar surface area (TPSA) is 63.3 Å². The fourth-order valence-electron chi connectivity index (χ4n) is 7.55. The van der Waals surface area contributed by atoms with E-state index >= 15 is 0 Å². The van der Waals surface area contributed by atoms with E-state index in [2.05, 4.69) is 27.5 Å². The van der Waals surface area contributed by atoms with Crippen LogP contribution in [0.5, 0.6) is 0 Å². The number of ether oxygens (including phenoxy) is 1. The Morgan fingerprint density at radius 1 is 0.595 bits per heavy atom. The zero-order valence-corrected chi connectivity index (χ0v) is 24.2. The van der Waals surface area contributed by atoms with Crippen molar-refractivity contribution in [2.75, 3.05) is 46.3 Å². The Kier molecular flexibility index (Phi) is 13.5. The maximum atomic E-state index is 9.79. The Balaban J connectivity index is 0.000000122. The smallest absolute Gasteiger partial charge is 0.0841 e. The lowest BCUT2D eigenvalue weighted by Crippen LogP contribution is -2.49. The molecule has 37 heavy (non-hydrogen) atoms. The molecule has 6 nitrogen and oxygen atoms in total. The third-order valence-corrected chi connectivity index (χ3v) is 9.89. The number of nitrogens with one attached hydrogen (secondary N) is 2. The molecule has 7 aliphatic rings. The predicted molar refractivity (Wildman–Crippen MR) is 154 cm³/mol. The molecule has 0 bridgehead atoms. The summed E-state index contributed by atoms with van der Waals surface area (Å²) in [6.45, 7) is 7.65. The molecular weight excluding hydrogens is 460 g/mol. The van der Waals surface area contributed by atoms with Crippen molar-refractivity contribution in [2.24, 2.45) is 0 Å². The van der Waals surface area contributed by atoms with Crippen molar-refractivity contribution in [3.8, 4) is 0 Å². The monoisotopic (exact) mass is 520 g/mol. The summed E-state index contributed by atoms with van der Waals surface area (Å²) in [5.74, 6) is 0. The lowest BCUT2D eigenvalue weighted by molar-refractivity contribution is 0.0312. The minimum absolute atomic E-state index is 0.0307. The van der Waals surface area contributed by atoms with Gasteiger partial charge in [-0.3, -0.25) is 9.80 Å². The van der Waals surface area contributed by atoms with Crippen LogP contribution in [0.4, 0.5) is 0 Å². The Morgan fingerprint density at radius 3 is 1.57 bits per heavy atom.